The van der Waals surface area contributed by atoms with Gasteiger partial charge in [-0.25, -0.2) is 4.57 Å². The molecule has 0 aliphatic heterocycles. The lowest BCUT2D eigenvalue weighted by atomic mass is 10.2. The molecule has 0 amide bonds. The normalized spacial score (nSPS) is 11.3. The molecule has 0 unspecified atom stereocenters. The van der Waals surface area contributed by atoms with Crippen LogP contribution in [-0.2, 0) is 7.05 Å². The fourth-order valence-electron chi connectivity index (χ4n) is 3.04. The quantitative estimate of drug-likeness (QED) is 0.585. The monoisotopic (exact) mass is 290 g/mol. The molecule has 1 N–H and O–H groups in total. The van der Waals surface area contributed by atoms with E-state index in [0.717, 1.165) is 16.4 Å². The summed E-state index contributed by atoms with van der Waals surface area (Å²) >= 11 is 0. The average Bonchev–Trinajstić information content (AvgIpc) is 2.82. The van der Waals surface area contributed by atoms with E-state index in [-0.39, 0.29) is 11.4 Å². The Morgan fingerprint density at radius 1 is 0.909 bits per heavy atom. The smallest absolute Gasteiger partial charge is 0.260 e. The molecule has 0 spiro atoms. The molecule has 0 radical (unpaired) electrons. The van der Waals surface area contributed by atoms with E-state index in [1.165, 1.54) is 4.57 Å². The summed E-state index contributed by atoms with van der Waals surface area (Å²) < 4.78 is 3.27. The average molecular weight is 290 g/mol. The van der Waals surface area contributed by atoms with Crippen molar-refractivity contribution in [3.63, 3.8) is 0 Å². The molecule has 4 rings (SSSR count). The molecule has 0 atom stereocenters. The molecule has 0 aliphatic rings. The van der Waals surface area contributed by atoms with Crippen LogP contribution in [0.1, 0.15) is 0 Å². The lowest BCUT2D eigenvalue weighted by molar-refractivity contribution is 0.443. The van der Waals surface area contributed by atoms with Gasteiger partial charge in [0.1, 0.15) is 0 Å². The predicted octanol–water partition coefficient (Wildman–Crippen LogP) is 3.19. The number of rotatable bonds is 1. The number of nitrogens with zero attached hydrogens (tertiary/aromatic N) is 2. The van der Waals surface area contributed by atoms with Crippen LogP contribution in [0.25, 0.3) is 27.5 Å². The lowest BCUT2D eigenvalue weighted by Crippen LogP contribution is -2.17. The highest BCUT2D eigenvalue weighted by Gasteiger charge is 2.17. The Balaban J connectivity index is 2.22. The van der Waals surface area contributed by atoms with E-state index in [1.807, 2.05) is 54.1 Å². The first-order valence-corrected chi connectivity index (χ1v) is 7.06. The highest BCUT2D eigenvalue weighted by Crippen LogP contribution is 2.34. The summed E-state index contributed by atoms with van der Waals surface area (Å²) in [5.74, 6) is -0.0227. The number of aromatic hydroxyl groups is 1. The van der Waals surface area contributed by atoms with Crippen LogP contribution in [0.5, 0.6) is 5.88 Å². The zero-order valence-electron chi connectivity index (χ0n) is 12.0. The maximum atomic E-state index is 12.5. The van der Waals surface area contributed by atoms with Gasteiger partial charge in [0, 0.05) is 24.0 Å². The fraction of sp³-hybridized carbons (Fsp3) is 0.0556. The third-order valence-electron chi connectivity index (χ3n) is 4.08. The number of pyridine rings is 1. The van der Waals surface area contributed by atoms with Crippen LogP contribution in [0.4, 0.5) is 0 Å². The van der Waals surface area contributed by atoms with Gasteiger partial charge in [-0.05, 0) is 18.2 Å². The van der Waals surface area contributed by atoms with Gasteiger partial charge >= 0.3 is 0 Å². The second kappa shape index (κ2) is 4.49. The molecule has 108 valence electrons. The molecule has 0 fully saturated rings. The van der Waals surface area contributed by atoms with E-state index in [9.17, 15) is 9.90 Å². The molecule has 2 aromatic carbocycles. The Morgan fingerprint density at radius 3 is 2.36 bits per heavy atom. The molecule has 2 aromatic heterocycles. The highest BCUT2D eigenvalue weighted by molar-refractivity contribution is 6.10. The van der Waals surface area contributed by atoms with Gasteiger partial charge in [-0.3, -0.25) is 4.79 Å². The highest BCUT2D eigenvalue weighted by atomic mass is 16.3. The van der Waals surface area contributed by atoms with Gasteiger partial charge in [-0.2, -0.15) is 0 Å². The molecule has 0 saturated heterocycles. The molecule has 2 heterocycles. The summed E-state index contributed by atoms with van der Waals surface area (Å²) in [6.07, 6.45) is 0. The minimum absolute atomic E-state index is 0.0227. The number of para-hydroxylation sites is 2. The molecule has 0 bridgehead atoms. The first-order valence-electron chi connectivity index (χ1n) is 7.06. The summed E-state index contributed by atoms with van der Waals surface area (Å²) in [4.78, 5) is 12.5. The second-order valence-corrected chi connectivity index (χ2v) is 5.31. The van der Waals surface area contributed by atoms with Gasteiger partial charge < -0.3 is 9.67 Å². The Morgan fingerprint density at radius 2 is 1.59 bits per heavy atom. The van der Waals surface area contributed by atoms with Crippen LogP contribution in [0, 0.1) is 0 Å². The van der Waals surface area contributed by atoms with Gasteiger partial charge in [0.05, 0.1) is 16.6 Å². The minimum Gasteiger partial charge on any atom is -0.494 e. The Kier molecular flexibility index (Phi) is 2.60. The van der Waals surface area contributed by atoms with E-state index >= 15 is 0 Å². The molecule has 4 heteroatoms. The van der Waals surface area contributed by atoms with Crippen molar-refractivity contribution in [3.8, 4) is 11.6 Å². The van der Waals surface area contributed by atoms with Crippen molar-refractivity contribution >= 4 is 21.8 Å². The van der Waals surface area contributed by atoms with Gasteiger partial charge in [0.25, 0.3) is 5.56 Å². The van der Waals surface area contributed by atoms with Crippen molar-refractivity contribution in [1.82, 2.24) is 9.13 Å². The molecule has 0 aliphatic carbocycles. The SMILES string of the molecule is Cn1c2ccccc2c2c(O)n(-c3ccccc3)c(=O)cc21. The number of fused-ring (bicyclic) bond motifs is 3. The van der Waals surface area contributed by atoms with Gasteiger partial charge in [-0.15, -0.1) is 0 Å². The Labute approximate surface area is 126 Å². The molecule has 22 heavy (non-hydrogen) atoms. The van der Waals surface area contributed by atoms with Crippen molar-refractivity contribution in [2.45, 2.75) is 0 Å². The van der Waals surface area contributed by atoms with Crippen LogP contribution < -0.4 is 5.56 Å². The number of aryl methyl sites for hydroxylation is 1. The number of benzene rings is 2. The van der Waals surface area contributed by atoms with Crippen LogP contribution in [0.15, 0.2) is 65.5 Å². The first-order chi connectivity index (χ1) is 10.7. The van der Waals surface area contributed by atoms with Gasteiger partial charge in [0.2, 0.25) is 5.88 Å². The van der Waals surface area contributed by atoms with Crippen molar-refractivity contribution in [1.29, 1.82) is 0 Å². The number of aromatic nitrogens is 2. The van der Waals surface area contributed by atoms with Gasteiger partial charge in [0.15, 0.2) is 0 Å². The van der Waals surface area contributed by atoms with Crippen LogP contribution >= 0.6 is 0 Å². The van der Waals surface area contributed by atoms with Crippen LogP contribution in [0.3, 0.4) is 0 Å². The Hall–Kier alpha value is -3.01. The van der Waals surface area contributed by atoms with Crippen molar-refractivity contribution in [2.24, 2.45) is 7.05 Å². The Bertz CT molecular complexity index is 1060. The first kappa shape index (κ1) is 12.7. The number of hydrogen-bond donors (Lipinski definition) is 1. The fourth-order valence-corrected chi connectivity index (χ4v) is 3.04. The maximum Gasteiger partial charge on any atom is 0.260 e. The van der Waals surface area contributed by atoms with Crippen LogP contribution in [-0.4, -0.2) is 14.2 Å². The summed E-state index contributed by atoms with van der Waals surface area (Å²) in [7, 11) is 1.90. The number of hydrogen-bond acceptors (Lipinski definition) is 2. The molecular weight excluding hydrogens is 276 g/mol. The molecule has 0 saturated carbocycles. The summed E-state index contributed by atoms with van der Waals surface area (Å²) in [5.41, 5.74) is 2.12. The van der Waals surface area contributed by atoms with Crippen molar-refractivity contribution in [2.75, 3.05) is 0 Å². The predicted molar refractivity (Wildman–Crippen MR) is 87.7 cm³/mol. The van der Waals surface area contributed by atoms with Crippen LogP contribution in [0.2, 0.25) is 0 Å². The largest absolute Gasteiger partial charge is 0.494 e. The zero-order valence-corrected chi connectivity index (χ0v) is 12.0. The van der Waals surface area contributed by atoms with Gasteiger partial charge in [-0.1, -0.05) is 36.4 Å². The molecule has 4 nitrogen and oxygen atoms in total. The van der Waals surface area contributed by atoms with E-state index < -0.39 is 0 Å². The van der Waals surface area contributed by atoms with Crippen molar-refractivity contribution in [3.05, 3.63) is 71.0 Å². The second-order valence-electron chi connectivity index (χ2n) is 5.31. The van der Waals surface area contributed by atoms with E-state index in [4.69, 9.17) is 0 Å². The molecular formula is C18H14N2O2. The lowest BCUT2D eigenvalue weighted by Gasteiger charge is -2.09. The summed E-state index contributed by atoms with van der Waals surface area (Å²) in [6.45, 7) is 0. The van der Waals surface area contributed by atoms with E-state index in [0.29, 0.717) is 11.1 Å². The summed E-state index contributed by atoms with van der Waals surface area (Å²) in [5, 5.41) is 12.4. The maximum absolute atomic E-state index is 12.5. The summed E-state index contributed by atoms with van der Waals surface area (Å²) in [6, 6.07) is 18.5. The minimum atomic E-state index is -0.248. The van der Waals surface area contributed by atoms with Crippen molar-refractivity contribution < 1.29 is 5.11 Å². The zero-order chi connectivity index (χ0) is 15.3. The molecule has 4 aromatic rings. The van der Waals surface area contributed by atoms with E-state index in [2.05, 4.69) is 0 Å². The third-order valence-corrected chi connectivity index (χ3v) is 4.08. The van der Waals surface area contributed by atoms with E-state index in [1.54, 1.807) is 18.2 Å². The third kappa shape index (κ3) is 1.61. The topological polar surface area (TPSA) is 47.2 Å². The standard InChI is InChI=1S/C18H14N2O2/c1-19-14-10-6-5-9-13(14)17-15(19)11-16(21)20(18(17)22)12-7-3-2-4-8-12/h2-11,22H,1H3.